The molecule has 144 valence electrons. The van der Waals surface area contributed by atoms with E-state index in [0.717, 1.165) is 0 Å². The predicted octanol–water partition coefficient (Wildman–Crippen LogP) is 2.66. The summed E-state index contributed by atoms with van der Waals surface area (Å²) < 4.78 is 32.7. The number of rotatable bonds is 5. The van der Waals surface area contributed by atoms with Gasteiger partial charge in [0, 0.05) is 25.3 Å². The highest BCUT2D eigenvalue weighted by Gasteiger charge is 2.54. The molecule has 1 unspecified atom stereocenters. The van der Waals surface area contributed by atoms with Crippen LogP contribution >= 0.6 is 12.4 Å². The lowest BCUT2D eigenvalue weighted by Gasteiger charge is -2.33. The van der Waals surface area contributed by atoms with Gasteiger partial charge in [-0.2, -0.15) is 0 Å². The molecule has 1 aromatic rings. The Balaban J connectivity index is 0.00000243. The lowest BCUT2D eigenvalue weighted by molar-refractivity contribution is -0.175. The second-order valence-electron chi connectivity index (χ2n) is 6.71. The summed E-state index contributed by atoms with van der Waals surface area (Å²) in [5.74, 6) is -4.61. The largest absolute Gasteiger partial charge is 0.461 e. The van der Waals surface area contributed by atoms with Crippen LogP contribution in [0.25, 0.3) is 0 Å². The Labute approximate surface area is 157 Å². The van der Waals surface area contributed by atoms with Crippen LogP contribution in [0.1, 0.15) is 31.2 Å². The standard InChI is InChI=1S/C18H22F2N2O3.ClH/c19-17(20)8-6-14(10-17)18(24,13-4-2-1-3-5-13)16(23)25-11-15-7-9-21-12-22-15;/h1-5,12,14-15,24H,6-11H2,(H,21,22);1H/t14-,15?,18+;/m1./s1. The van der Waals surface area contributed by atoms with Crippen molar-refractivity contribution < 1.29 is 23.4 Å². The summed E-state index contributed by atoms with van der Waals surface area (Å²) in [4.78, 5) is 16.7. The Morgan fingerprint density at radius 3 is 2.65 bits per heavy atom. The van der Waals surface area contributed by atoms with E-state index in [2.05, 4.69) is 10.3 Å². The molecule has 2 aliphatic rings. The molecule has 2 N–H and O–H groups in total. The summed E-state index contributed by atoms with van der Waals surface area (Å²) in [5, 5.41) is 14.1. The van der Waals surface area contributed by atoms with Crippen LogP contribution in [-0.4, -0.2) is 42.5 Å². The molecule has 0 amide bonds. The number of hydrogen-bond acceptors (Lipinski definition) is 5. The normalized spacial score (nSPS) is 26.3. The first kappa shape index (κ1) is 20.6. The van der Waals surface area contributed by atoms with Gasteiger partial charge in [0.05, 0.1) is 12.4 Å². The maximum absolute atomic E-state index is 13.7. The number of carbonyl (C=O) groups is 1. The average Bonchev–Trinajstić information content (AvgIpc) is 3.01. The predicted molar refractivity (Wildman–Crippen MR) is 95.7 cm³/mol. The van der Waals surface area contributed by atoms with Crippen molar-refractivity contribution in [2.24, 2.45) is 10.9 Å². The molecule has 1 fully saturated rings. The van der Waals surface area contributed by atoms with Crippen molar-refractivity contribution in [2.45, 2.75) is 43.2 Å². The molecule has 5 nitrogen and oxygen atoms in total. The molecule has 0 aromatic heterocycles. The molecule has 1 saturated carbocycles. The summed E-state index contributed by atoms with van der Waals surface area (Å²) in [6, 6.07) is 8.13. The van der Waals surface area contributed by atoms with Crippen molar-refractivity contribution in [1.29, 1.82) is 0 Å². The van der Waals surface area contributed by atoms with Crippen LogP contribution in [0.15, 0.2) is 35.3 Å². The van der Waals surface area contributed by atoms with Crippen molar-refractivity contribution in [1.82, 2.24) is 5.32 Å². The van der Waals surface area contributed by atoms with Crippen molar-refractivity contribution in [3.63, 3.8) is 0 Å². The maximum atomic E-state index is 13.7. The molecule has 1 heterocycles. The number of aliphatic hydroxyl groups is 1. The number of nitrogens with zero attached hydrogens (tertiary/aromatic N) is 1. The third-order valence-electron chi connectivity index (χ3n) is 4.94. The molecule has 0 bridgehead atoms. The molecular weight excluding hydrogens is 366 g/mol. The van der Waals surface area contributed by atoms with Crippen LogP contribution < -0.4 is 5.32 Å². The topological polar surface area (TPSA) is 70.9 Å². The van der Waals surface area contributed by atoms with E-state index in [1.165, 1.54) is 0 Å². The molecule has 0 saturated heterocycles. The van der Waals surface area contributed by atoms with E-state index in [1.54, 1.807) is 36.7 Å². The first-order valence-corrected chi connectivity index (χ1v) is 8.49. The molecule has 1 aliphatic heterocycles. The number of esters is 1. The van der Waals surface area contributed by atoms with Gasteiger partial charge in [0.25, 0.3) is 0 Å². The van der Waals surface area contributed by atoms with Gasteiger partial charge < -0.3 is 15.2 Å². The van der Waals surface area contributed by atoms with Crippen molar-refractivity contribution in [3.8, 4) is 0 Å². The minimum atomic E-state index is -2.87. The minimum absolute atomic E-state index is 0. The van der Waals surface area contributed by atoms with Crippen LogP contribution in [0.4, 0.5) is 8.78 Å². The Hall–Kier alpha value is -1.73. The van der Waals surface area contributed by atoms with Crippen LogP contribution in [0, 0.1) is 5.92 Å². The fourth-order valence-corrected chi connectivity index (χ4v) is 3.47. The number of ether oxygens (including phenoxy) is 1. The Bertz CT molecular complexity index is 645. The third-order valence-corrected chi connectivity index (χ3v) is 4.94. The van der Waals surface area contributed by atoms with Gasteiger partial charge in [-0.3, -0.25) is 4.99 Å². The zero-order chi connectivity index (χ0) is 17.9. The Morgan fingerprint density at radius 2 is 2.08 bits per heavy atom. The number of carbonyl (C=O) groups excluding carboxylic acids is 1. The molecule has 0 spiro atoms. The molecule has 0 radical (unpaired) electrons. The van der Waals surface area contributed by atoms with Crippen molar-refractivity contribution in [3.05, 3.63) is 35.9 Å². The van der Waals surface area contributed by atoms with E-state index >= 15 is 0 Å². The van der Waals surface area contributed by atoms with Crippen LogP contribution in [0.2, 0.25) is 0 Å². The average molecular weight is 389 g/mol. The van der Waals surface area contributed by atoms with E-state index < -0.39 is 29.8 Å². The molecule has 1 aliphatic carbocycles. The molecule has 3 rings (SSSR count). The number of halogens is 3. The van der Waals surface area contributed by atoms with Gasteiger partial charge in [0.15, 0.2) is 5.60 Å². The van der Waals surface area contributed by atoms with E-state index in [1.807, 2.05) is 0 Å². The second kappa shape index (κ2) is 8.31. The molecule has 1 aromatic carbocycles. The zero-order valence-electron chi connectivity index (χ0n) is 14.2. The number of hydrogen-bond donors (Lipinski definition) is 2. The van der Waals surface area contributed by atoms with Gasteiger partial charge in [-0.05, 0) is 18.4 Å². The lowest BCUT2D eigenvalue weighted by Crippen LogP contribution is -2.46. The summed E-state index contributed by atoms with van der Waals surface area (Å²) in [7, 11) is 0. The van der Waals surface area contributed by atoms with Gasteiger partial charge in [0.1, 0.15) is 6.61 Å². The minimum Gasteiger partial charge on any atom is -0.461 e. The molecule has 8 heteroatoms. The Morgan fingerprint density at radius 1 is 1.35 bits per heavy atom. The van der Waals surface area contributed by atoms with Gasteiger partial charge in [-0.15, -0.1) is 12.4 Å². The Kier molecular flexibility index (Phi) is 6.58. The lowest BCUT2D eigenvalue weighted by atomic mass is 9.80. The molecule has 3 atom stereocenters. The van der Waals surface area contributed by atoms with E-state index in [-0.39, 0.29) is 37.9 Å². The van der Waals surface area contributed by atoms with Gasteiger partial charge in [-0.1, -0.05) is 30.3 Å². The summed E-state index contributed by atoms with van der Waals surface area (Å²) in [5.41, 5.74) is -1.77. The summed E-state index contributed by atoms with van der Waals surface area (Å²) in [6.07, 6.45) is 1.47. The summed E-state index contributed by atoms with van der Waals surface area (Å²) >= 11 is 0. The van der Waals surface area contributed by atoms with Crippen LogP contribution in [0.3, 0.4) is 0 Å². The van der Waals surface area contributed by atoms with E-state index in [9.17, 15) is 18.7 Å². The fraction of sp³-hybridized carbons (Fsp3) is 0.556. The van der Waals surface area contributed by atoms with Crippen molar-refractivity contribution in [2.75, 3.05) is 13.2 Å². The highest BCUT2D eigenvalue weighted by molar-refractivity contribution is 5.85. The maximum Gasteiger partial charge on any atom is 0.343 e. The monoisotopic (exact) mass is 388 g/mol. The number of benzene rings is 1. The molecule has 26 heavy (non-hydrogen) atoms. The van der Waals surface area contributed by atoms with Gasteiger partial charge in [0.2, 0.25) is 5.92 Å². The van der Waals surface area contributed by atoms with Crippen LogP contribution in [-0.2, 0) is 15.1 Å². The SMILES string of the molecule is Cl.O=C(OCC1CCN=CN1)[C@](O)(c1ccccc1)[C@@H]1CCC(F)(F)C1. The number of alkyl halides is 2. The van der Waals surface area contributed by atoms with E-state index in [4.69, 9.17) is 4.74 Å². The fourth-order valence-electron chi connectivity index (χ4n) is 3.47. The number of nitrogens with one attached hydrogen (secondary N) is 1. The van der Waals surface area contributed by atoms with Gasteiger partial charge >= 0.3 is 5.97 Å². The quantitative estimate of drug-likeness (QED) is 0.761. The highest BCUT2D eigenvalue weighted by Crippen LogP contribution is 2.47. The first-order valence-electron chi connectivity index (χ1n) is 8.49. The van der Waals surface area contributed by atoms with E-state index in [0.29, 0.717) is 18.5 Å². The molecular formula is C18H23ClF2N2O3. The van der Waals surface area contributed by atoms with Crippen molar-refractivity contribution >= 4 is 24.7 Å². The third kappa shape index (κ3) is 4.32. The first-order chi connectivity index (χ1) is 11.9. The summed E-state index contributed by atoms with van der Waals surface area (Å²) in [6.45, 7) is 0.691. The zero-order valence-corrected chi connectivity index (χ0v) is 15.1. The van der Waals surface area contributed by atoms with Gasteiger partial charge in [-0.25, -0.2) is 13.6 Å². The van der Waals surface area contributed by atoms with Crippen LogP contribution in [0.5, 0.6) is 0 Å². The second-order valence-corrected chi connectivity index (χ2v) is 6.71. The smallest absolute Gasteiger partial charge is 0.343 e. The number of aliphatic imine (C=N–C) groups is 1. The highest BCUT2D eigenvalue weighted by atomic mass is 35.5.